The average molecular weight is 263 g/mol. The van der Waals surface area contributed by atoms with Gasteiger partial charge in [0.1, 0.15) is 12.4 Å². The second kappa shape index (κ2) is 6.99. The van der Waals surface area contributed by atoms with E-state index in [4.69, 9.17) is 9.15 Å². The van der Waals surface area contributed by atoms with Gasteiger partial charge in [-0.05, 0) is 19.0 Å². The fourth-order valence-corrected chi connectivity index (χ4v) is 1.83. The summed E-state index contributed by atoms with van der Waals surface area (Å²) in [4.78, 5) is 0. The first-order valence-corrected chi connectivity index (χ1v) is 6.74. The molecule has 0 bridgehead atoms. The van der Waals surface area contributed by atoms with Gasteiger partial charge >= 0.3 is 0 Å². The predicted octanol–water partition coefficient (Wildman–Crippen LogP) is 2.57. The number of aryl methyl sites for hydroxylation is 1. The minimum atomic E-state index is 0.436. The molecule has 2 heterocycles. The smallest absolute Gasteiger partial charge is 0.157 e. The molecule has 0 aromatic carbocycles. The van der Waals surface area contributed by atoms with Gasteiger partial charge in [-0.15, -0.1) is 0 Å². The van der Waals surface area contributed by atoms with Crippen LogP contribution in [0.15, 0.2) is 29.1 Å². The van der Waals surface area contributed by atoms with Crippen LogP contribution in [0.3, 0.4) is 0 Å². The third-order valence-electron chi connectivity index (χ3n) is 2.84. The van der Waals surface area contributed by atoms with Crippen molar-refractivity contribution in [3.05, 3.63) is 36.0 Å². The SMILES string of the molecule is CCCn1cc(OCc2occc2CNCC)cn1. The van der Waals surface area contributed by atoms with E-state index < -0.39 is 0 Å². The monoisotopic (exact) mass is 263 g/mol. The molecule has 1 N–H and O–H groups in total. The maximum atomic E-state index is 5.69. The van der Waals surface area contributed by atoms with Gasteiger partial charge in [-0.25, -0.2) is 0 Å². The highest BCUT2D eigenvalue weighted by atomic mass is 16.5. The third-order valence-corrected chi connectivity index (χ3v) is 2.84. The Bertz CT molecular complexity index is 490. The van der Waals surface area contributed by atoms with Crippen molar-refractivity contribution in [1.82, 2.24) is 15.1 Å². The van der Waals surface area contributed by atoms with Crippen molar-refractivity contribution in [3.8, 4) is 5.75 Å². The van der Waals surface area contributed by atoms with Crippen molar-refractivity contribution in [3.63, 3.8) is 0 Å². The second-order valence-electron chi connectivity index (χ2n) is 4.38. The van der Waals surface area contributed by atoms with Crippen LogP contribution in [0.4, 0.5) is 0 Å². The third kappa shape index (κ3) is 3.86. The summed E-state index contributed by atoms with van der Waals surface area (Å²) in [7, 11) is 0. The van der Waals surface area contributed by atoms with E-state index in [1.54, 1.807) is 12.5 Å². The zero-order valence-electron chi connectivity index (χ0n) is 11.6. The molecule has 0 aliphatic heterocycles. The fourth-order valence-electron chi connectivity index (χ4n) is 1.83. The number of aromatic nitrogens is 2. The quantitative estimate of drug-likeness (QED) is 0.795. The molecule has 5 heteroatoms. The van der Waals surface area contributed by atoms with Crippen LogP contribution in [0.2, 0.25) is 0 Å². The maximum absolute atomic E-state index is 5.69. The van der Waals surface area contributed by atoms with E-state index in [9.17, 15) is 0 Å². The van der Waals surface area contributed by atoms with Gasteiger partial charge in [0.15, 0.2) is 5.75 Å². The van der Waals surface area contributed by atoms with Gasteiger partial charge < -0.3 is 14.5 Å². The summed E-state index contributed by atoms with van der Waals surface area (Å²) >= 11 is 0. The average Bonchev–Trinajstić information content (AvgIpc) is 3.03. The first-order valence-electron chi connectivity index (χ1n) is 6.74. The number of hydrogen-bond acceptors (Lipinski definition) is 4. The molecular formula is C14H21N3O2. The topological polar surface area (TPSA) is 52.2 Å². The molecule has 0 aliphatic rings. The largest absolute Gasteiger partial charge is 0.482 e. The normalized spacial score (nSPS) is 10.8. The lowest BCUT2D eigenvalue weighted by molar-refractivity contribution is 0.268. The summed E-state index contributed by atoms with van der Waals surface area (Å²) in [5.74, 6) is 1.64. The number of rotatable bonds is 8. The predicted molar refractivity (Wildman–Crippen MR) is 72.9 cm³/mol. The molecule has 2 aromatic heterocycles. The van der Waals surface area contributed by atoms with Crippen LogP contribution in [-0.4, -0.2) is 16.3 Å². The molecule has 2 rings (SSSR count). The summed E-state index contributed by atoms with van der Waals surface area (Å²) in [6, 6.07) is 1.97. The van der Waals surface area contributed by atoms with E-state index in [-0.39, 0.29) is 0 Å². The molecule has 0 unspecified atom stereocenters. The van der Waals surface area contributed by atoms with E-state index in [1.807, 2.05) is 16.9 Å². The van der Waals surface area contributed by atoms with E-state index in [1.165, 1.54) is 0 Å². The van der Waals surface area contributed by atoms with E-state index >= 15 is 0 Å². The Morgan fingerprint density at radius 1 is 1.42 bits per heavy atom. The van der Waals surface area contributed by atoms with E-state index in [2.05, 4.69) is 24.3 Å². The van der Waals surface area contributed by atoms with Gasteiger partial charge in [-0.1, -0.05) is 13.8 Å². The van der Waals surface area contributed by atoms with Crippen molar-refractivity contribution < 1.29 is 9.15 Å². The van der Waals surface area contributed by atoms with Gasteiger partial charge in [0.2, 0.25) is 0 Å². The molecule has 5 nitrogen and oxygen atoms in total. The highest BCUT2D eigenvalue weighted by Crippen LogP contribution is 2.15. The Morgan fingerprint density at radius 3 is 3.11 bits per heavy atom. The minimum absolute atomic E-state index is 0.436. The first kappa shape index (κ1) is 13.7. The molecule has 0 spiro atoms. The molecule has 0 amide bonds. The molecule has 0 atom stereocenters. The molecule has 0 fully saturated rings. The van der Waals surface area contributed by atoms with Crippen LogP contribution in [0, 0.1) is 0 Å². The van der Waals surface area contributed by atoms with Gasteiger partial charge in [0.25, 0.3) is 0 Å². The minimum Gasteiger partial charge on any atom is -0.482 e. The lowest BCUT2D eigenvalue weighted by atomic mass is 10.2. The number of nitrogens with one attached hydrogen (secondary N) is 1. The van der Waals surface area contributed by atoms with Crippen molar-refractivity contribution in [2.24, 2.45) is 0 Å². The molecule has 19 heavy (non-hydrogen) atoms. The molecule has 0 radical (unpaired) electrons. The second-order valence-corrected chi connectivity index (χ2v) is 4.38. The van der Waals surface area contributed by atoms with Crippen LogP contribution < -0.4 is 10.1 Å². The molecule has 2 aromatic rings. The summed E-state index contributed by atoms with van der Waals surface area (Å²) in [5.41, 5.74) is 1.14. The first-order chi connectivity index (χ1) is 9.33. The van der Waals surface area contributed by atoms with Crippen LogP contribution in [0.25, 0.3) is 0 Å². The Kier molecular flexibility index (Phi) is 5.03. The summed E-state index contributed by atoms with van der Waals surface area (Å²) < 4.78 is 13.0. The van der Waals surface area contributed by atoms with Crippen molar-refractivity contribution >= 4 is 0 Å². The molecule has 0 saturated heterocycles. The zero-order valence-corrected chi connectivity index (χ0v) is 11.6. The molecular weight excluding hydrogens is 242 g/mol. The highest BCUT2D eigenvalue weighted by molar-refractivity contribution is 5.18. The van der Waals surface area contributed by atoms with Crippen molar-refractivity contribution in [2.45, 2.75) is 40.0 Å². The van der Waals surface area contributed by atoms with E-state index in [0.717, 1.165) is 43.1 Å². The summed E-state index contributed by atoms with van der Waals surface area (Å²) in [6.07, 6.45) is 6.41. The van der Waals surface area contributed by atoms with Crippen molar-refractivity contribution in [1.29, 1.82) is 0 Å². The number of hydrogen-bond donors (Lipinski definition) is 1. The van der Waals surface area contributed by atoms with Gasteiger partial charge in [-0.2, -0.15) is 5.10 Å². The lowest BCUT2D eigenvalue weighted by Crippen LogP contribution is -2.12. The highest BCUT2D eigenvalue weighted by Gasteiger charge is 2.07. The Hall–Kier alpha value is -1.75. The van der Waals surface area contributed by atoms with Crippen LogP contribution in [0.5, 0.6) is 5.75 Å². The molecule has 104 valence electrons. The Balaban J connectivity index is 1.88. The Morgan fingerprint density at radius 2 is 2.32 bits per heavy atom. The van der Waals surface area contributed by atoms with Crippen LogP contribution >= 0.6 is 0 Å². The number of nitrogens with zero attached hydrogens (tertiary/aromatic N) is 2. The summed E-state index contributed by atoms with van der Waals surface area (Å²) in [6.45, 7) is 7.30. The number of furan rings is 1. The van der Waals surface area contributed by atoms with Gasteiger partial charge in [-0.3, -0.25) is 4.68 Å². The fraction of sp³-hybridized carbons (Fsp3) is 0.500. The Labute approximate surface area is 113 Å². The van der Waals surface area contributed by atoms with Gasteiger partial charge in [0.05, 0.1) is 18.7 Å². The van der Waals surface area contributed by atoms with Crippen LogP contribution in [0.1, 0.15) is 31.6 Å². The standard InChI is InChI=1S/C14H21N3O2/c1-3-6-17-10-13(9-16-17)19-11-14-12(5-7-18-14)8-15-4-2/h5,7,9-10,15H,3-4,6,8,11H2,1-2H3. The lowest BCUT2D eigenvalue weighted by Gasteiger charge is -2.04. The maximum Gasteiger partial charge on any atom is 0.157 e. The molecule has 0 aliphatic carbocycles. The zero-order chi connectivity index (χ0) is 13.5. The van der Waals surface area contributed by atoms with Crippen LogP contribution in [-0.2, 0) is 19.7 Å². The number of ether oxygens (including phenoxy) is 1. The van der Waals surface area contributed by atoms with Gasteiger partial charge in [0, 0.05) is 18.7 Å². The van der Waals surface area contributed by atoms with E-state index in [0.29, 0.717) is 6.61 Å². The molecule has 0 saturated carbocycles. The van der Waals surface area contributed by atoms with Crippen molar-refractivity contribution in [2.75, 3.05) is 6.54 Å². The summed E-state index contributed by atoms with van der Waals surface area (Å²) in [5, 5.41) is 7.50.